The summed E-state index contributed by atoms with van der Waals surface area (Å²) in [5.74, 6) is 4.49. The molecule has 0 spiro atoms. The lowest BCUT2D eigenvalue weighted by Gasteiger charge is -2.29. The van der Waals surface area contributed by atoms with Crippen LogP contribution in [-0.4, -0.2) is 41.8 Å². The van der Waals surface area contributed by atoms with Crippen LogP contribution in [-0.2, 0) is 0 Å². The molecule has 1 aliphatic heterocycles. The normalized spacial score (nSPS) is 22.5. The Labute approximate surface area is 85.7 Å². The van der Waals surface area contributed by atoms with Crippen LogP contribution >= 0.6 is 24.4 Å². The van der Waals surface area contributed by atoms with Crippen molar-refractivity contribution in [3.05, 3.63) is 0 Å². The summed E-state index contributed by atoms with van der Waals surface area (Å²) in [5.41, 5.74) is 0. The molecule has 1 heterocycles. The fraction of sp³-hybridized carbons (Fsp3) is 1.00. The molecule has 0 aliphatic carbocycles. The molecule has 12 heavy (non-hydrogen) atoms. The van der Waals surface area contributed by atoms with Gasteiger partial charge in [-0.15, -0.1) is 0 Å². The monoisotopic (exact) mass is 205 g/mol. The van der Waals surface area contributed by atoms with E-state index in [1.807, 2.05) is 0 Å². The molecular formula is C9H19NS2. The molecule has 0 aromatic heterocycles. The highest BCUT2D eigenvalue weighted by atomic mass is 32.2. The van der Waals surface area contributed by atoms with Crippen LogP contribution in [0, 0.1) is 5.92 Å². The van der Waals surface area contributed by atoms with Crippen molar-refractivity contribution in [2.45, 2.75) is 13.3 Å². The van der Waals surface area contributed by atoms with Gasteiger partial charge >= 0.3 is 0 Å². The Morgan fingerprint density at radius 3 is 2.58 bits per heavy atom. The Balaban J connectivity index is 2.18. The van der Waals surface area contributed by atoms with Crippen molar-refractivity contribution in [2.24, 2.45) is 5.92 Å². The Morgan fingerprint density at radius 1 is 1.42 bits per heavy atom. The maximum absolute atomic E-state index is 4.36. The van der Waals surface area contributed by atoms with Gasteiger partial charge in [-0.2, -0.15) is 24.4 Å². The van der Waals surface area contributed by atoms with Crippen LogP contribution < -0.4 is 0 Å². The Hall–Kier alpha value is 0.660. The number of thiol groups is 1. The van der Waals surface area contributed by atoms with Crippen molar-refractivity contribution in [1.29, 1.82) is 0 Å². The van der Waals surface area contributed by atoms with Crippen LogP contribution in [0.1, 0.15) is 13.3 Å². The Morgan fingerprint density at radius 2 is 2.08 bits per heavy atom. The van der Waals surface area contributed by atoms with E-state index in [4.69, 9.17) is 0 Å². The number of hydrogen-bond acceptors (Lipinski definition) is 3. The van der Waals surface area contributed by atoms with Gasteiger partial charge in [0.15, 0.2) is 0 Å². The predicted octanol–water partition coefficient (Wildman–Crippen LogP) is 1.99. The van der Waals surface area contributed by atoms with Crippen LogP contribution in [0.15, 0.2) is 0 Å². The van der Waals surface area contributed by atoms with Gasteiger partial charge in [-0.25, -0.2) is 0 Å². The summed E-state index contributed by atoms with van der Waals surface area (Å²) in [4.78, 5) is 2.58. The van der Waals surface area contributed by atoms with Crippen molar-refractivity contribution in [3.8, 4) is 0 Å². The SMILES string of the molecule is CCC(CS)CN1CCSCC1. The number of nitrogens with zero attached hydrogens (tertiary/aromatic N) is 1. The summed E-state index contributed by atoms with van der Waals surface area (Å²) < 4.78 is 0. The van der Waals surface area contributed by atoms with Crippen molar-refractivity contribution >= 4 is 24.4 Å². The van der Waals surface area contributed by atoms with E-state index in [1.54, 1.807) is 0 Å². The van der Waals surface area contributed by atoms with E-state index in [2.05, 4.69) is 36.2 Å². The first-order chi connectivity index (χ1) is 5.86. The van der Waals surface area contributed by atoms with Crippen LogP contribution in [0.5, 0.6) is 0 Å². The topological polar surface area (TPSA) is 3.24 Å². The van der Waals surface area contributed by atoms with E-state index < -0.39 is 0 Å². The number of rotatable bonds is 4. The van der Waals surface area contributed by atoms with E-state index in [0.717, 1.165) is 11.7 Å². The average molecular weight is 205 g/mol. The molecule has 1 rings (SSSR count). The van der Waals surface area contributed by atoms with Crippen molar-refractivity contribution in [3.63, 3.8) is 0 Å². The van der Waals surface area contributed by atoms with Crippen LogP contribution in [0.2, 0.25) is 0 Å². The van der Waals surface area contributed by atoms with Gasteiger partial charge in [-0.1, -0.05) is 13.3 Å². The zero-order chi connectivity index (χ0) is 8.81. The summed E-state index contributed by atoms with van der Waals surface area (Å²) in [7, 11) is 0. The van der Waals surface area contributed by atoms with E-state index in [0.29, 0.717) is 0 Å². The van der Waals surface area contributed by atoms with E-state index >= 15 is 0 Å². The molecule has 0 bridgehead atoms. The largest absolute Gasteiger partial charge is 0.301 e. The Bertz CT molecular complexity index is 109. The zero-order valence-corrected chi connectivity index (χ0v) is 9.54. The van der Waals surface area contributed by atoms with Gasteiger partial charge in [-0.05, 0) is 11.7 Å². The molecule has 72 valence electrons. The molecule has 0 aromatic rings. The minimum Gasteiger partial charge on any atom is -0.301 e. The van der Waals surface area contributed by atoms with Gasteiger partial charge < -0.3 is 4.90 Å². The van der Waals surface area contributed by atoms with E-state index in [1.165, 1.54) is 37.6 Å². The summed E-state index contributed by atoms with van der Waals surface area (Å²) in [6.07, 6.45) is 1.27. The maximum atomic E-state index is 4.36. The zero-order valence-electron chi connectivity index (χ0n) is 7.83. The van der Waals surface area contributed by atoms with Gasteiger partial charge in [0, 0.05) is 31.1 Å². The molecule has 1 aliphatic rings. The van der Waals surface area contributed by atoms with E-state index in [9.17, 15) is 0 Å². The molecule has 0 saturated carbocycles. The second kappa shape index (κ2) is 6.17. The molecule has 1 nitrogen and oxygen atoms in total. The van der Waals surface area contributed by atoms with Gasteiger partial charge in [0.1, 0.15) is 0 Å². The molecule has 1 fully saturated rings. The molecule has 1 unspecified atom stereocenters. The van der Waals surface area contributed by atoms with Crippen molar-refractivity contribution < 1.29 is 0 Å². The molecule has 1 saturated heterocycles. The Kier molecular flexibility index (Phi) is 5.52. The summed E-state index contributed by atoms with van der Waals surface area (Å²) in [6, 6.07) is 0. The van der Waals surface area contributed by atoms with Gasteiger partial charge in [0.2, 0.25) is 0 Å². The smallest absolute Gasteiger partial charge is 0.00728 e. The first-order valence-electron chi connectivity index (χ1n) is 4.77. The molecule has 0 radical (unpaired) electrons. The minimum absolute atomic E-state index is 0.802. The first-order valence-corrected chi connectivity index (χ1v) is 6.56. The maximum Gasteiger partial charge on any atom is 0.00728 e. The number of thioether (sulfide) groups is 1. The highest BCUT2D eigenvalue weighted by molar-refractivity contribution is 7.99. The van der Waals surface area contributed by atoms with Crippen molar-refractivity contribution in [2.75, 3.05) is 36.9 Å². The quantitative estimate of drug-likeness (QED) is 0.699. The van der Waals surface area contributed by atoms with Gasteiger partial charge in [0.05, 0.1) is 0 Å². The third-order valence-corrected chi connectivity index (χ3v) is 3.91. The molecule has 0 aromatic carbocycles. The van der Waals surface area contributed by atoms with Crippen LogP contribution in [0.25, 0.3) is 0 Å². The van der Waals surface area contributed by atoms with Gasteiger partial charge in [-0.3, -0.25) is 0 Å². The fourth-order valence-electron chi connectivity index (χ4n) is 1.46. The molecule has 0 amide bonds. The summed E-state index contributed by atoms with van der Waals surface area (Å²) in [5, 5.41) is 0. The highest BCUT2D eigenvalue weighted by Gasteiger charge is 2.13. The average Bonchev–Trinajstić information content (AvgIpc) is 2.16. The first kappa shape index (κ1) is 10.7. The lowest BCUT2D eigenvalue weighted by molar-refractivity contribution is 0.259. The van der Waals surface area contributed by atoms with E-state index in [-0.39, 0.29) is 0 Å². The lowest BCUT2D eigenvalue weighted by Crippen LogP contribution is -2.36. The second-order valence-electron chi connectivity index (χ2n) is 3.37. The molecule has 1 atom stereocenters. The number of hydrogen-bond donors (Lipinski definition) is 1. The summed E-state index contributed by atoms with van der Waals surface area (Å²) in [6.45, 7) is 6.10. The second-order valence-corrected chi connectivity index (χ2v) is 4.96. The lowest BCUT2D eigenvalue weighted by atomic mass is 10.1. The minimum atomic E-state index is 0.802. The molecule has 0 N–H and O–H groups in total. The molecule has 3 heteroatoms. The predicted molar refractivity (Wildman–Crippen MR) is 61.4 cm³/mol. The third-order valence-electron chi connectivity index (χ3n) is 2.46. The standard InChI is InChI=1S/C9H19NS2/c1-2-9(8-11)7-10-3-5-12-6-4-10/h9,11H,2-8H2,1H3. The third kappa shape index (κ3) is 3.58. The van der Waals surface area contributed by atoms with Crippen molar-refractivity contribution in [1.82, 2.24) is 4.90 Å². The highest BCUT2D eigenvalue weighted by Crippen LogP contribution is 2.13. The summed E-state index contributed by atoms with van der Waals surface area (Å²) >= 11 is 6.44. The van der Waals surface area contributed by atoms with Crippen LogP contribution in [0.4, 0.5) is 0 Å². The van der Waals surface area contributed by atoms with Crippen LogP contribution in [0.3, 0.4) is 0 Å². The van der Waals surface area contributed by atoms with Gasteiger partial charge in [0.25, 0.3) is 0 Å². The fourth-order valence-corrected chi connectivity index (χ4v) is 2.82. The molecular weight excluding hydrogens is 186 g/mol.